The van der Waals surface area contributed by atoms with Crippen LogP contribution in [-0.4, -0.2) is 26.3 Å². The predicted octanol–water partition coefficient (Wildman–Crippen LogP) is 1.61. The molecule has 4 nitrogen and oxygen atoms in total. The molecule has 1 fully saturated rings. The first-order valence-corrected chi connectivity index (χ1v) is 8.27. The van der Waals surface area contributed by atoms with Crippen molar-refractivity contribution in [2.45, 2.75) is 63.7 Å². The highest BCUT2D eigenvalue weighted by atomic mass is 32.2. The van der Waals surface area contributed by atoms with Crippen molar-refractivity contribution < 1.29 is 8.42 Å². The summed E-state index contributed by atoms with van der Waals surface area (Å²) in [6, 6.07) is 0.0425. The van der Waals surface area contributed by atoms with Crippen molar-refractivity contribution in [3.8, 4) is 0 Å². The van der Waals surface area contributed by atoms with E-state index in [0.717, 1.165) is 12.8 Å². The van der Waals surface area contributed by atoms with E-state index in [0.29, 0.717) is 12.3 Å². The van der Waals surface area contributed by atoms with Gasteiger partial charge in [0, 0.05) is 12.6 Å². The van der Waals surface area contributed by atoms with Crippen molar-refractivity contribution in [1.82, 2.24) is 4.72 Å². The zero-order valence-corrected chi connectivity index (χ0v) is 11.8. The van der Waals surface area contributed by atoms with Crippen LogP contribution in [0.15, 0.2) is 0 Å². The summed E-state index contributed by atoms with van der Waals surface area (Å²) in [5.74, 6) is 0.494. The van der Waals surface area contributed by atoms with Gasteiger partial charge in [-0.15, -0.1) is 0 Å². The Kier molecular flexibility index (Phi) is 5.89. The Labute approximate surface area is 105 Å². The number of hydrogen-bond acceptors (Lipinski definition) is 3. The number of sulfonamides is 1. The zero-order valence-electron chi connectivity index (χ0n) is 11.0. The van der Waals surface area contributed by atoms with Gasteiger partial charge in [0.1, 0.15) is 0 Å². The molecule has 1 aliphatic carbocycles. The van der Waals surface area contributed by atoms with Crippen LogP contribution in [0.1, 0.15) is 52.4 Å². The Balaban J connectivity index is 2.56. The van der Waals surface area contributed by atoms with Crippen LogP contribution in [-0.2, 0) is 10.0 Å². The highest BCUT2D eigenvalue weighted by Crippen LogP contribution is 2.26. The molecule has 3 N–H and O–H groups in total. The first kappa shape index (κ1) is 14.9. The lowest BCUT2D eigenvalue weighted by molar-refractivity contribution is 0.302. The number of nitrogens with one attached hydrogen (secondary N) is 1. The van der Waals surface area contributed by atoms with Gasteiger partial charge in [-0.2, -0.15) is 0 Å². The zero-order chi connectivity index (χ0) is 12.9. The van der Waals surface area contributed by atoms with E-state index in [1.165, 1.54) is 19.3 Å². The molecule has 5 heteroatoms. The largest absolute Gasteiger partial charge is 0.329 e. The fraction of sp³-hybridized carbons (Fsp3) is 1.00. The Hall–Kier alpha value is -0.130. The molecule has 0 heterocycles. The minimum absolute atomic E-state index is 0.0425. The first-order valence-electron chi connectivity index (χ1n) is 6.72. The van der Waals surface area contributed by atoms with Gasteiger partial charge in [-0.3, -0.25) is 0 Å². The second kappa shape index (κ2) is 6.71. The fourth-order valence-corrected chi connectivity index (χ4v) is 4.19. The van der Waals surface area contributed by atoms with Gasteiger partial charge < -0.3 is 5.73 Å². The van der Waals surface area contributed by atoms with Gasteiger partial charge in [-0.25, -0.2) is 13.1 Å². The van der Waals surface area contributed by atoms with Gasteiger partial charge in [0.05, 0.1) is 5.25 Å². The van der Waals surface area contributed by atoms with Crippen molar-refractivity contribution in [1.29, 1.82) is 0 Å². The summed E-state index contributed by atoms with van der Waals surface area (Å²) in [6.45, 7) is 4.04. The lowest BCUT2D eigenvalue weighted by atomic mass is 9.85. The third-order valence-corrected chi connectivity index (χ3v) is 5.97. The molecule has 0 aliphatic heterocycles. The highest BCUT2D eigenvalue weighted by molar-refractivity contribution is 7.90. The molecule has 0 aromatic heterocycles. The smallest absolute Gasteiger partial charge is 0.215 e. The van der Waals surface area contributed by atoms with Gasteiger partial charge in [-0.1, -0.05) is 26.2 Å². The molecule has 0 spiro atoms. The summed E-state index contributed by atoms with van der Waals surface area (Å²) < 4.78 is 26.9. The number of nitrogens with two attached hydrogens (primary N) is 1. The van der Waals surface area contributed by atoms with E-state index >= 15 is 0 Å². The lowest BCUT2D eigenvalue weighted by Crippen LogP contribution is -2.45. The van der Waals surface area contributed by atoms with E-state index in [2.05, 4.69) is 4.72 Å². The molecule has 0 aromatic rings. The number of hydrogen-bond donors (Lipinski definition) is 2. The first-order chi connectivity index (χ1) is 8.01. The molecular formula is C12H26N2O2S. The van der Waals surface area contributed by atoms with E-state index in [9.17, 15) is 8.42 Å². The number of rotatable bonds is 6. The summed E-state index contributed by atoms with van der Waals surface area (Å²) in [6.07, 6.45) is 6.60. The van der Waals surface area contributed by atoms with Crippen LogP contribution in [0.3, 0.4) is 0 Å². The van der Waals surface area contributed by atoms with Crippen LogP contribution in [0, 0.1) is 5.92 Å². The van der Waals surface area contributed by atoms with Gasteiger partial charge in [0.25, 0.3) is 0 Å². The van der Waals surface area contributed by atoms with E-state index in [-0.39, 0.29) is 12.6 Å². The third kappa shape index (κ3) is 4.23. The third-order valence-electron chi connectivity index (χ3n) is 3.86. The molecule has 0 radical (unpaired) electrons. The molecule has 0 amide bonds. The van der Waals surface area contributed by atoms with E-state index in [4.69, 9.17) is 5.73 Å². The van der Waals surface area contributed by atoms with Crippen LogP contribution in [0.25, 0.3) is 0 Å². The van der Waals surface area contributed by atoms with E-state index in [1.807, 2.05) is 13.8 Å². The topological polar surface area (TPSA) is 72.2 Å². The van der Waals surface area contributed by atoms with Gasteiger partial charge in [0.2, 0.25) is 10.0 Å². The van der Waals surface area contributed by atoms with Crippen LogP contribution in [0.2, 0.25) is 0 Å². The second-order valence-electron chi connectivity index (χ2n) is 5.12. The molecule has 2 unspecified atom stereocenters. The Morgan fingerprint density at radius 2 is 1.88 bits per heavy atom. The molecule has 0 bridgehead atoms. The van der Waals surface area contributed by atoms with Gasteiger partial charge in [0.15, 0.2) is 0 Å². The maximum Gasteiger partial charge on any atom is 0.215 e. The van der Waals surface area contributed by atoms with Gasteiger partial charge >= 0.3 is 0 Å². The fourth-order valence-electron chi connectivity index (χ4n) is 2.60. The van der Waals surface area contributed by atoms with Crippen molar-refractivity contribution in [3.63, 3.8) is 0 Å². The summed E-state index contributed by atoms with van der Waals surface area (Å²) in [5, 5.41) is -0.450. The quantitative estimate of drug-likeness (QED) is 0.764. The average Bonchev–Trinajstić information content (AvgIpc) is 2.30. The molecule has 2 atom stereocenters. The van der Waals surface area contributed by atoms with Crippen molar-refractivity contribution in [3.05, 3.63) is 0 Å². The maximum absolute atomic E-state index is 12.1. The Bertz CT molecular complexity index is 306. The van der Waals surface area contributed by atoms with Crippen LogP contribution in [0.5, 0.6) is 0 Å². The SMILES string of the molecule is CCC(CN)S(=O)(=O)NC(C)C1CCCCC1. The van der Waals surface area contributed by atoms with Crippen molar-refractivity contribution >= 4 is 10.0 Å². The highest BCUT2D eigenvalue weighted by Gasteiger charge is 2.28. The summed E-state index contributed by atoms with van der Waals surface area (Å²) in [4.78, 5) is 0. The summed E-state index contributed by atoms with van der Waals surface area (Å²) >= 11 is 0. The Morgan fingerprint density at radius 1 is 1.29 bits per heavy atom. The predicted molar refractivity (Wildman–Crippen MR) is 71.2 cm³/mol. The molecule has 1 saturated carbocycles. The monoisotopic (exact) mass is 262 g/mol. The molecule has 1 rings (SSSR count). The minimum Gasteiger partial charge on any atom is -0.329 e. The summed E-state index contributed by atoms with van der Waals surface area (Å²) in [5.41, 5.74) is 5.50. The standard InChI is InChI=1S/C12H26N2O2S/c1-3-12(9-13)17(15,16)14-10(2)11-7-5-4-6-8-11/h10-12,14H,3-9,13H2,1-2H3. The Morgan fingerprint density at radius 3 is 2.35 bits per heavy atom. The summed E-state index contributed by atoms with van der Waals surface area (Å²) in [7, 11) is -3.25. The molecule has 0 saturated heterocycles. The van der Waals surface area contributed by atoms with Crippen LogP contribution >= 0.6 is 0 Å². The molecular weight excluding hydrogens is 236 g/mol. The molecule has 102 valence electrons. The maximum atomic E-state index is 12.1. The van der Waals surface area contributed by atoms with E-state index < -0.39 is 15.3 Å². The molecule has 1 aliphatic rings. The van der Waals surface area contributed by atoms with Crippen LogP contribution in [0.4, 0.5) is 0 Å². The normalized spacial score (nSPS) is 22.3. The van der Waals surface area contributed by atoms with Gasteiger partial charge in [-0.05, 0) is 32.1 Å². The van der Waals surface area contributed by atoms with Crippen molar-refractivity contribution in [2.24, 2.45) is 11.7 Å². The van der Waals surface area contributed by atoms with Crippen molar-refractivity contribution in [2.75, 3.05) is 6.54 Å². The minimum atomic E-state index is -3.25. The molecule has 17 heavy (non-hydrogen) atoms. The van der Waals surface area contributed by atoms with E-state index in [1.54, 1.807) is 0 Å². The average molecular weight is 262 g/mol. The molecule has 0 aromatic carbocycles. The lowest BCUT2D eigenvalue weighted by Gasteiger charge is -2.29. The second-order valence-corrected chi connectivity index (χ2v) is 7.11. The van der Waals surface area contributed by atoms with Crippen LogP contribution < -0.4 is 10.5 Å².